The van der Waals surface area contributed by atoms with Crippen molar-refractivity contribution >= 4 is 5.95 Å². The molecule has 0 bridgehead atoms. The van der Waals surface area contributed by atoms with Crippen molar-refractivity contribution < 1.29 is 4.74 Å². The fourth-order valence-corrected chi connectivity index (χ4v) is 2.72. The van der Waals surface area contributed by atoms with E-state index in [9.17, 15) is 0 Å². The van der Waals surface area contributed by atoms with Crippen molar-refractivity contribution in [3.63, 3.8) is 0 Å². The molecule has 3 heterocycles. The van der Waals surface area contributed by atoms with Crippen molar-refractivity contribution in [3.05, 3.63) is 23.7 Å². The molecule has 0 aliphatic carbocycles. The number of aromatic nitrogens is 3. The average Bonchev–Trinajstić information content (AvgIpc) is 2.52. The minimum atomic E-state index is 0.348. The van der Waals surface area contributed by atoms with Crippen molar-refractivity contribution in [2.75, 3.05) is 37.6 Å². The number of allylic oxidation sites excluding steroid dienone is 1. The van der Waals surface area contributed by atoms with Gasteiger partial charge >= 0.3 is 0 Å². The van der Waals surface area contributed by atoms with E-state index in [1.807, 2.05) is 20.1 Å². The molecular formula is C15H23N5O. The Bertz CT molecular complexity index is 511. The summed E-state index contributed by atoms with van der Waals surface area (Å²) in [4.78, 5) is 9.22. The molecule has 2 aliphatic heterocycles. The zero-order valence-electron chi connectivity index (χ0n) is 12.8. The van der Waals surface area contributed by atoms with Gasteiger partial charge in [-0.05, 0) is 32.8 Å². The van der Waals surface area contributed by atoms with E-state index in [-0.39, 0.29) is 0 Å². The van der Waals surface area contributed by atoms with Gasteiger partial charge in [0.25, 0.3) is 0 Å². The van der Waals surface area contributed by atoms with Gasteiger partial charge in [-0.2, -0.15) is 5.10 Å². The maximum atomic E-state index is 5.65. The number of anilines is 1. The molecule has 0 amide bonds. The second-order valence-corrected chi connectivity index (χ2v) is 5.78. The Morgan fingerprint density at radius 2 is 1.95 bits per heavy atom. The van der Waals surface area contributed by atoms with Crippen molar-refractivity contribution in [1.82, 2.24) is 20.1 Å². The standard InChI is InChI=1S/C15H23N5O/c1-12-13(2)17-18-15(16-12)20-8-6-19(7-9-20)11-14-5-3-4-10-21-14/h4,10,14H,3,5-9,11H2,1-2H3/t14-/m1/s1. The van der Waals surface area contributed by atoms with E-state index in [2.05, 4.69) is 31.1 Å². The number of piperazine rings is 1. The zero-order valence-corrected chi connectivity index (χ0v) is 12.8. The molecule has 0 aromatic carbocycles. The SMILES string of the molecule is Cc1nnc(N2CCN(C[C@H]3CCC=CO3)CC2)nc1C. The van der Waals surface area contributed by atoms with E-state index in [4.69, 9.17) is 4.74 Å². The molecule has 114 valence electrons. The molecule has 0 N–H and O–H groups in total. The van der Waals surface area contributed by atoms with Gasteiger partial charge in [0.05, 0.1) is 17.6 Å². The zero-order chi connectivity index (χ0) is 14.7. The van der Waals surface area contributed by atoms with Gasteiger partial charge in [-0.25, -0.2) is 4.98 Å². The minimum absolute atomic E-state index is 0.348. The van der Waals surface area contributed by atoms with E-state index in [1.54, 1.807) is 0 Å². The summed E-state index contributed by atoms with van der Waals surface area (Å²) in [6, 6.07) is 0. The van der Waals surface area contributed by atoms with E-state index >= 15 is 0 Å². The minimum Gasteiger partial charge on any atom is -0.497 e. The predicted molar refractivity (Wildman–Crippen MR) is 81.2 cm³/mol. The van der Waals surface area contributed by atoms with Crippen molar-refractivity contribution in [3.8, 4) is 0 Å². The van der Waals surface area contributed by atoms with Gasteiger partial charge < -0.3 is 9.64 Å². The molecule has 0 saturated carbocycles. The van der Waals surface area contributed by atoms with E-state index in [1.165, 1.54) is 0 Å². The maximum absolute atomic E-state index is 5.65. The van der Waals surface area contributed by atoms with Gasteiger partial charge in [-0.15, -0.1) is 5.10 Å². The van der Waals surface area contributed by atoms with Gasteiger partial charge in [-0.3, -0.25) is 4.90 Å². The predicted octanol–water partition coefficient (Wildman–Crippen LogP) is 1.30. The van der Waals surface area contributed by atoms with Crippen molar-refractivity contribution in [2.24, 2.45) is 0 Å². The third-order valence-corrected chi connectivity index (χ3v) is 4.22. The van der Waals surface area contributed by atoms with E-state index < -0.39 is 0 Å². The first-order chi connectivity index (χ1) is 10.2. The van der Waals surface area contributed by atoms with Crippen LogP contribution < -0.4 is 4.90 Å². The highest BCUT2D eigenvalue weighted by Crippen LogP contribution is 2.15. The topological polar surface area (TPSA) is 54.4 Å². The first-order valence-electron chi connectivity index (χ1n) is 7.68. The molecule has 2 aliphatic rings. The van der Waals surface area contributed by atoms with Crippen LogP contribution in [-0.2, 0) is 4.74 Å². The quantitative estimate of drug-likeness (QED) is 0.836. The van der Waals surface area contributed by atoms with Gasteiger partial charge in [0.1, 0.15) is 6.10 Å². The lowest BCUT2D eigenvalue weighted by atomic mass is 10.1. The largest absolute Gasteiger partial charge is 0.497 e. The third-order valence-electron chi connectivity index (χ3n) is 4.22. The molecular weight excluding hydrogens is 266 g/mol. The number of aryl methyl sites for hydroxylation is 2. The highest BCUT2D eigenvalue weighted by molar-refractivity contribution is 5.30. The van der Waals surface area contributed by atoms with Crippen LogP contribution in [-0.4, -0.2) is 58.9 Å². The molecule has 21 heavy (non-hydrogen) atoms. The number of rotatable bonds is 3. The Balaban J connectivity index is 1.52. The summed E-state index contributed by atoms with van der Waals surface area (Å²) in [5.74, 6) is 0.759. The van der Waals surface area contributed by atoms with Crippen LogP contribution in [0, 0.1) is 13.8 Å². The smallest absolute Gasteiger partial charge is 0.245 e. The molecule has 1 aromatic rings. The number of nitrogens with zero attached hydrogens (tertiary/aromatic N) is 5. The monoisotopic (exact) mass is 289 g/mol. The van der Waals surface area contributed by atoms with Crippen LogP contribution in [0.2, 0.25) is 0 Å². The van der Waals surface area contributed by atoms with Crippen LogP contribution in [0.1, 0.15) is 24.2 Å². The molecule has 1 aromatic heterocycles. The van der Waals surface area contributed by atoms with Gasteiger partial charge in [0.15, 0.2) is 0 Å². The Morgan fingerprint density at radius 3 is 2.62 bits per heavy atom. The first kappa shape index (κ1) is 14.3. The fourth-order valence-electron chi connectivity index (χ4n) is 2.72. The van der Waals surface area contributed by atoms with Crippen molar-refractivity contribution in [2.45, 2.75) is 32.8 Å². The molecule has 1 saturated heterocycles. The van der Waals surface area contributed by atoms with Gasteiger partial charge in [0, 0.05) is 32.7 Å². The lowest BCUT2D eigenvalue weighted by Crippen LogP contribution is -2.49. The average molecular weight is 289 g/mol. The highest BCUT2D eigenvalue weighted by Gasteiger charge is 2.22. The van der Waals surface area contributed by atoms with E-state index in [0.29, 0.717) is 6.10 Å². The normalized spacial score (nSPS) is 23.1. The number of hydrogen-bond acceptors (Lipinski definition) is 6. The summed E-state index contributed by atoms with van der Waals surface area (Å²) in [6.45, 7) is 8.90. The fraction of sp³-hybridized carbons (Fsp3) is 0.667. The Hall–Kier alpha value is -1.69. The van der Waals surface area contributed by atoms with Crippen LogP contribution in [0.3, 0.4) is 0 Å². The molecule has 1 atom stereocenters. The summed E-state index contributed by atoms with van der Waals surface area (Å²) in [5, 5.41) is 8.39. The van der Waals surface area contributed by atoms with Crippen LogP contribution >= 0.6 is 0 Å². The summed E-state index contributed by atoms with van der Waals surface area (Å²) in [6.07, 6.45) is 6.55. The summed E-state index contributed by atoms with van der Waals surface area (Å²) in [7, 11) is 0. The second kappa shape index (κ2) is 6.39. The maximum Gasteiger partial charge on any atom is 0.245 e. The molecule has 0 unspecified atom stereocenters. The van der Waals surface area contributed by atoms with Crippen LogP contribution in [0.25, 0.3) is 0 Å². The summed E-state index contributed by atoms with van der Waals surface area (Å²) in [5.41, 5.74) is 1.87. The summed E-state index contributed by atoms with van der Waals surface area (Å²) >= 11 is 0. The van der Waals surface area contributed by atoms with E-state index in [0.717, 1.165) is 62.9 Å². The van der Waals surface area contributed by atoms with Crippen LogP contribution in [0.4, 0.5) is 5.95 Å². The number of ether oxygens (including phenoxy) is 1. The first-order valence-corrected chi connectivity index (χ1v) is 7.68. The molecule has 6 heteroatoms. The molecule has 3 rings (SSSR count). The van der Waals surface area contributed by atoms with Gasteiger partial charge in [0.2, 0.25) is 5.95 Å². The Kier molecular flexibility index (Phi) is 4.34. The molecule has 6 nitrogen and oxygen atoms in total. The molecule has 0 radical (unpaired) electrons. The Labute approximate surface area is 125 Å². The lowest BCUT2D eigenvalue weighted by molar-refractivity contribution is 0.0765. The number of hydrogen-bond donors (Lipinski definition) is 0. The third kappa shape index (κ3) is 3.50. The molecule has 0 spiro atoms. The molecule has 1 fully saturated rings. The highest BCUT2D eigenvalue weighted by atomic mass is 16.5. The van der Waals surface area contributed by atoms with Gasteiger partial charge in [-0.1, -0.05) is 0 Å². The van der Waals surface area contributed by atoms with Crippen molar-refractivity contribution in [1.29, 1.82) is 0 Å². The summed E-state index contributed by atoms with van der Waals surface area (Å²) < 4.78 is 5.65. The van der Waals surface area contributed by atoms with Crippen LogP contribution in [0.15, 0.2) is 12.3 Å². The lowest BCUT2D eigenvalue weighted by Gasteiger charge is -2.36. The van der Waals surface area contributed by atoms with Crippen LogP contribution in [0.5, 0.6) is 0 Å². The second-order valence-electron chi connectivity index (χ2n) is 5.78. The Morgan fingerprint density at radius 1 is 1.14 bits per heavy atom.